The van der Waals surface area contributed by atoms with Gasteiger partial charge >= 0.3 is 5.69 Å². The van der Waals surface area contributed by atoms with Crippen molar-refractivity contribution in [2.24, 2.45) is 0 Å². The number of fused-ring (bicyclic) bond motifs is 2. The van der Waals surface area contributed by atoms with E-state index in [1.165, 1.54) is 21.4 Å². The Morgan fingerprint density at radius 1 is 1.33 bits per heavy atom. The van der Waals surface area contributed by atoms with Gasteiger partial charge in [0, 0.05) is 0 Å². The van der Waals surface area contributed by atoms with Gasteiger partial charge in [-0.1, -0.05) is 24.3 Å². The van der Waals surface area contributed by atoms with Crippen molar-refractivity contribution in [2.75, 3.05) is 11.5 Å². The standard InChI is InChI=1S/C16H17N5O2S/c17-14-13-15(19-9-18-14)21(16(22)20-13)24(23)8-11-6-3-5-10-4-1-2-7-12(10)11/h1-2,4,7,9,11H,3,5-6,8H2,(H,20,22)(H2,17,18,19). The monoisotopic (exact) mass is 343 g/mol. The Kier molecular flexibility index (Phi) is 3.68. The predicted molar refractivity (Wildman–Crippen MR) is 93.1 cm³/mol. The van der Waals surface area contributed by atoms with Crippen LogP contribution in [0.1, 0.15) is 29.9 Å². The van der Waals surface area contributed by atoms with E-state index < -0.39 is 16.7 Å². The first-order chi connectivity index (χ1) is 11.6. The third-order valence-electron chi connectivity index (χ3n) is 4.51. The molecule has 3 N–H and O–H groups in total. The number of imidazole rings is 1. The van der Waals surface area contributed by atoms with Gasteiger partial charge in [0.1, 0.15) is 22.8 Å². The Morgan fingerprint density at radius 3 is 3.04 bits per heavy atom. The summed E-state index contributed by atoms with van der Waals surface area (Å²) >= 11 is 0. The maximum Gasteiger partial charge on any atom is 0.340 e. The Balaban J connectivity index is 1.70. The van der Waals surface area contributed by atoms with Gasteiger partial charge in [-0.2, -0.15) is 3.97 Å². The molecule has 2 aromatic heterocycles. The molecule has 2 heterocycles. The number of benzene rings is 1. The van der Waals surface area contributed by atoms with Crippen LogP contribution in [0.5, 0.6) is 0 Å². The Hall–Kier alpha value is -2.48. The summed E-state index contributed by atoms with van der Waals surface area (Å²) in [6, 6.07) is 8.25. The first-order valence-corrected chi connectivity index (χ1v) is 9.10. The number of nitrogen functional groups attached to an aromatic ring is 1. The average Bonchev–Trinajstić information content (AvgIpc) is 2.93. The molecule has 0 radical (unpaired) electrons. The number of H-pyrrole nitrogens is 1. The van der Waals surface area contributed by atoms with Crippen LogP contribution in [-0.4, -0.2) is 28.9 Å². The Labute approximate surface area is 140 Å². The fourth-order valence-corrected chi connectivity index (χ4v) is 4.78. The Bertz CT molecular complexity index is 994. The van der Waals surface area contributed by atoms with Crippen molar-refractivity contribution in [3.05, 3.63) is 52.2 Å². The molecule has 0 aliphatic heterocycles. The molecule has 1 aliphatic carbocycles. The van der Waals surface area contributed by atoms with E-state index in [2.05, 4.69) is 27.1 Å². The maximum absolute atomic E-state index is 12.9. The number of hydrogen-bond acceptors (Lipinski definition) is 5. The molecule has 24 heavy (non-hydrogen) atoms. The lowest BCUT2D eigenvalue weighted by atomic mass is 9.84. The van der Waals surface area contributed by atoms with E-state index in [4.69, 9.17) is 5.73 Å². The summed E-state index contributed by atoms with van der Waals surface area (Å²) in [6.45, 7) is 0. The zero-order valence-corrected chi connectivity index (χ0v) is 13.8. The summed E-state index contributed by atoms with van der Waals surface area (Å²) in [7, 11) is -1.52. The maximum atomic E-state index is 12.9. The SMILES string of the molecule is Nc1ncnc2c1[nH]c(=O)n2S(=O)CC1CCCc2ccccc21. The van der Waals surface area contributed by atoms with Crippen molar-refractivity contribution < 1.29 is 4.21 Å². The second-order valence-electron chi connectivity index (χ2n) is 5.96. The van der Waals surface area contributed by atoms with Crippen LogP contribution in [0.15, 0.2) is 35.4 Å². The van der Waals surface area contributed by atoms with Gasteiger partial charge in [0.05, 0.1) is 5.75 Å². The van der Waals surface area contributed by atoms with Crippen LogP contribution >= 0.6 is 0 Å². The minimum absolute atomic E-state index is 0.173. The Morgan fingerprint density at radius 2 is 2.17 bits per heavy atom. The molecule has 0 bridgehead atoms. The molecule has 0 amide bonds. The number of nitrogens with zero attached hydrogens (tertiary/aromatic N) is 3. The largest absolute Gasteiger partial charge is 0.382 e. The van der Waals surface area contributed by atoms with E-state index in [-0.39, 0.29) is 17.4 Å². The number of nitrogens with one attached hydrogen (secondary N) is 1. The van der Waals surface area contributed by atoms with Gasteiger partial charge in [-0.3, -0.25) is 0 Å². The summed E-state index contributed by atoms with van der Waals surface area (Å²) in [5.41, 5.74) is 8.44. The van der Waals surface area contributed by atoms with Crippen molar-refractivity contribution in [1.29, 1.82) is 0 Å². The van der Waals surface area contributed by atoms with Crippen molar-refractivity contribution in [1.82, 2.24) is 18.9 Å². The average molecular weight is 343 g/mol. The van der Waals surface area contributed by atoms with E-state index in [1.54, 1.807) is 0 Å². The van der Waals surface area contributed by atoms with Gasteiger partial charge in [0.15, 0.2) is 11.5 Å². The van der Waals surface area contributed by atoms with Crippen LogP contribution in [0.4, 0.5) is 5.82 Å². The van der Waals surface area contributed by atoms with Gasteiger partial charge in [-0.05, 0) is 36.3 Å². The number of hydrogen-bond donors (Lipinski definition) is 2. The lowest BCUT2D eigenvalue weighted by Crippen LogP contribution is -2.26. The van der Waals surface area contributed by atoms with E-state index in [9.17, 15) is 9.00 Å². The van der Waals surface area contributed by atoms with Crippen LogP contribution < -0.4 is 11.4 Å². The molecule has 7 nitrogen and oxygen atoms in total. The minimum atomic E-state index is -1.52. The summed E-state index contributed by atoms with van der Waals surface area (Å²) in [5, 5.41) is 0. The molecule has 0 saturated heterocycles. The molecule has 2 unspecified atom stereocenters. The number of aromatic amines is 1. The van der Waals surface area contributed by atoms with Crippen LogP contribution in [-0.2, 0) is 17.4 Å². The molecular weight excluding hydrogens is 326 g/mol. The predicted octanol–water partition coefficient (Wildman–Crippen LogP) is 1.33. The van der Waals surface area contributed by atoms with Gasteiger partial charge in [0.25, 0.3) is 0 Å². The normalized spacial score (nSPS) is 18.4. The lowest BCUT2D eigenvalue weighted by Gasteiger charge is -2.24. The first-order valence-electron chi connectivity index (χ1n) is 7.83. The highest BCUT2D eigenvalue weighted by atomic mass is 32.2. The number of anilines is 1. The molecule has 0 fully saturated rings. The zero-order valence-electron chi connectivity index (χ0n) is 12.9. The van der Waals surface area contributed by atoms with Gasteiger partial charge in [0.2, 0.25) is 0 Å². The van der Waals surface area contributed by atoms with Crippen LogP contribution in [0.25, 0.3) is 11.2 Å². The van der Waals surface area contributed by atoms with E-state index >= 15 is 0 Å². The lowest BCUT2D eigenvalue weighted by molar-refractivity contribution is 0.586. The van der Waals surface area contributed by atoms with Gasteiger partial charge in [-0.15, -0.1) is 0 Å². The molecule has 2 atom stereocenters. The fourth-order valence-electron chi connectivity index (χ4n) is 3.38. The molecule has 1 aromatic carbocycles. The van der Waals surface area contributed by atoms with Crippen molar-refractivity contribution in [3.63, 3.8) is 0 Å². The molecular formula is C16H17N5O2S. The van der Waals surface area contributed by atoms with Crippen molar-refractivity contribution >= 4 is 28.0 Å². The second kappa shape index (κ2) is 5.86. The highest BCUT2D eigenvalue weighted by Crippen LogP contribution is 2.32. The molecule has 1 aliphatic rings. The van der Waals surface area contributed by atoms with Crippen molar-refractivity contribution in [3.8, 4) is 0 Å². The molecule has 4 rings (SSSR count). The highest BCUT2D eigenvalue weighted by Gasteiger charge is 2.24. The number of aryl methyl sites for hydroxylation is 1. The van der Waals surface area contributed by atoms with E-state index in [1.807, 2.05) is 12.1 Å². The van der Waals surface area contributed by atoms with Gasteiger partial charge in [-0.25, -0.2) is 19.0 Å². The molecule has 3 aromatic rings. The first kappa shape index (κ1) is 15.1. The molecule has 0 spiro atoms. The van der Waals surface area contributed by atoms with Crippen LogP contribution in [0.2, 0.25) is 0 Å². The summed E-state index contributed by atoms with van der Waals surface area (Å²) < 4.78 is 14.1. The minimum Gasteiger partial charge on any atom is -0.382 e. The van der Waals surface area contributed by atoms with Crippen molar-refractivity contribution in [2.45, 2.75) is 25.2 Å². The van der Waals surface area contributed by atoms with E-state index in [0.29, 0.717) is 11.3 Å². The number of aromatic nitrogens is 4. The summed E-state index contributed by atoms with van der Waals surface area (Å²) in [5.74, 6) is 0.732. The zero-order chi connectivity index (χ0) is 16.7. The van der Waals surface area contributed by atoms with Gasteiger partial charge < -0.3 is 10.7 Å². The molecule has 124 valence electrons. The number of nitrogens with two attached hydrogens (primary N) is 1. The molecule has 0 saturated carbocycles. The summed E-state index contributed by atoms with van der Waals surface area (Å²) in [4.78, 5) is 22.7. The fraction of sp³-hybridized carbons (Fsp3) is 0.312. The molecule has 8 heteroatoms. The van der Waals surface area contributed by atoms with Crippen LogP contribution in [0, 0.1) is 0 Å². The van der Waals surface area contributed by atoms with Crippen LogP contribution in [0.3, 0.4) is 0 Å². The van der Waals surface area contributed by atoms with E-state index in [0.717, 1.165) is 19.3 Å². The quantitative estimate of drug-likeness (QED) is 0.746. The third kappa shape index (κ3) is 2.43. The summed E-state index contributed by atoms with van der Waals surface area (Å²) in [6.07, 6.45) is 4.36. The number of rotatable bonds is 3. The second-order valence-corrected chi connectivity index (χ2v) is 7.30. The third-order valence-corrected chi connectivity index (χ3v) is 5.94. The smallest absolute Gasteiger partial charge is 0.340 e. The highest BCUT2D eigenvalue weighted by molar-refractivity contribution is 7.83. The topological polar surface area (TPSA) is 107 Å².